The maximum Gasteiger partial charge on any atom is 0.246 e. The average molecular weight is 962 g/mol. The van der Waals surface area contributed by atoms with Crippen molar-refractivity contribution < 1.29 is 52.7 Å². The predicted molar refractivity (Wildman–Crippen MR) is 251 cm³/mol. The second-order valence-corrected chi connectivity index (χ2v) is 19.6. The number of carbonyl (C=O) groups is 11. The Bertz CT molecular complexity index is 1810. The van der Waals surface area contributed by atoms with Crippen molar-refractivity contribution in [1.82, 2.24) is 47.0 Å². The molecule has 2 aliphatic rings. The molecule has 2 heterocycles. The molecule has 0 unspecified atom stereocenters. The van der Waals surface area contributed by atoms with E-state index in [1.165, 1.54) is 23.6 Å². The molecule has 10 atom stereocenters. The highest BCUT2D eigenvalue weighted by atomic mass is 16.2. The summed E-state index contributed by atoms with van der Waals surface area (Å²) in [6.07, 6.45) is 2.33. The van der Waals surface area contributed by atoms with E-state index in [-0.39, 0.29) is 68.9 Å². The van der Waals surface area contributed by atoms with Gasteiger partial charge < -0.3 is 63.3 Å². The number of nitrogens with two attached hydrogens (primary N) is 2. The third-order valence-electron chi connectivity index (χ3n) is 11.9. The SMILES string of the molecule is CC[C@H](C)[C@H](NC(=O)[C@H](C)N)C(=O)N1CCC[C@H]1C(=O)N[C@@H](CC(N)=O)C(=O)N1CCC[C@H]1C(=O)N[C@@H](CC(C)C)C(=O)N[C@@H](CC(C)C)C(=O)NCC(=O)N[C@@H](CC(C)C)C(=O)N[C@@H](C)C=O. The average Bonchev–Trinajstić information content (AvgIpc) is 3.96. The Morgan fingerprint density at radius 1 is 0.588 bits per heavy atom. The highest BCUT2D eigenvalue weighted by Gasteiger charge is 2.43. The Morgan fingerprint density at radius 3 is 1.50 bits per heavy atom. The van der Waals surface area contributed by atoms with Crippen molar-refractivity contribution in [2.24, 2.45) is 35.1 Å². The van der Waals surface area contributed by atoms with Gasteiger partial charge in [0.2, 0.25) is 59.1 Å². The molecule has 68 heavy (non-hydrogen) atoms. The Hall–Kier alpha value is -5.67. The van der Waals surface area contributed by atoms with E-state index >= 15 is 0 Å². The molecule has 0 radical (unpaired) electrons. The van der Waals surface area contributed by atoms with Crippen molar-refractivity contribution in [1.29, 1.82) is 0 Å². The lowest BCUT2D eigenvalue weighted by molar-refractivity contribution is -0.145. The molecule has 2 aliphatic heterocycles. The number of nitrogens with one attached hydrogen (secondary N) is 7. The first-order chi connectivity index (χ1) is 31.8. The third-order valence-corrected chi connectivity index (χ3v) is 11.9. The Balaban J connectivity index is 2.24. The number of amides is 10. The first-order valence-corrected chi connectivity index (χ1v) is 24.0. The van der Waals surface area contributed by atoms with Gasteiger partial charge in [-0.05, 0) is 82.5 Å². The van der Waals surface area contributed by atoms with Gasteiger partial charge in [0.25, 0.3) is 0 Å². The first-order valence-electron chi connectivity index (χ1n) is 24.0. The van der Waals surface area contributed by atoms with Crippen molar-refractivity contribution in [3.63, 3.8) is 0 Å². The molecule has 22 nitrogen and oxygen atoms in total. The van der Waals surface area contributed by atoms with Gasteiger partial charge in [0, 0.05) is 13.1 Å². The van der Waals surface area contributed by atoms with Crippen LogP contribution in [0.25, 0.3) is 0 Å². The number of hydrogen-bond acceptors (Lipinski definition) is 12. The number of nitrogens with zero attached hydrogens (tertiary/aromatic N) is 2. The maximum atomic E-state index is 14.2. The summed E-state index contributed by atoms with van der Waals surface area (Å²) < 4.78 is 0. The van der Waals surface area contributed by atoms with Crippen LogP contribution in [-0.4, -0.2) is 149 Å². The van der Waals surface area contributed by atoms with E-state index in [4.69, 9.17) is 11.5 Å². The van der Waals surface area contributed by atoms with E-state index in [0.29, 0.717) is 25.5 Å². The monoisotopic (exact) mass is 962 g/mol. The fourth-order valence-electron chi connectivity index (χ4n) is 8.17. The van der Waals surface area contributed by atoms with Crippen molar-refractivity contribution in [2.75, 3.05) is 19.6 Å². The van der Waals surface area contributed by atoms with Crippen molar-refractivity contribution >= 4 is 65.4 Å². The Kier molecular flexibility index (Phi) is 24.0. The quantitative estimate of drug-likeness (QED) is 0.0431. The molecule has 384 valence electrons. The number of rotatable bonds is 27. The lowest BCUT2D eigenvalue weighted by Crippen LogP contribution is -2.60. The smallest absolute Gasteiger partial charge is 0.246 e. The van der Waals surface area contributed by atoms with E-state index in [0.717, 1.165) is 0 Å². The van der Waals surface area contributed by atoms with Crippen LogP contribution in [0.5, 0.6) is 0 Å². The molecule has 0 aromatic rings. The van der Waals surface area contributed by atoms with E-state index in [9.17, 15) is 52.7 Å². The zero-order valence-electron chi connectivity index (χ0n) is 41.6. The van der Waals surface area contributed by atoms with Crippen LogP contribution in [0.4, 0.5) is 0 Å². The normalized spacial score (nSPS) is 19.4. The van der Waals surface area contributed by atoms with Crippen LogP contribution in [-0.2, 0) is 52.7 Å². The summed E-state index contributed by atoms with van der Waals surface area (Å²) >= 11 is 0. The van der Waals surface area contributed by atoms with Crippen molar-refractivity contribution in [3.05, 3.63) is 0 Å². The van der Waals surface area contributed by atoms with Crippen LogP contribution in [0.2, 0.25) is 0 Å². The summed E-state index contributed by atoms with van der Waals surface area (Å²) in [5, 5.41) is 18.4. The van der Waals surface area contributed by atoms with Crippen molar-refractivity contribution in [3.8, 4) is 0 Å². The molecule has 0 aromatic carbocycles. The van der Waals surface area contributed by atoms with Crippen LogP contribution < -0.4 is 48.7 Å². The molecule has 2 rings (SSSR count). The largest absolute Gasteiger partial charge is 0.370 e. The van der Waals surface area contributed by atoms with E-state index in [2.05, 4.69) is 37.2 Å². The minimum atomic E-state index is -1.49. The number of primary amides is 1. The summed E-state index contributed by atoms with van der Waals surface area (Å²) in [7, 11) is 0. The molecule has 2 fully saturated rings. The maximum absolute atomic E-state index is 14.2. The topological polar surface area (TPSA) is 330 Å². The Labute approximate surface area is 400 Å². The van der Waals surface area contributed by atoms with Gasteiger partial charge in [0.1, 0.15) is 48.6 Å². The number of aldehydes is 1. The minimum Gasteiger partial charge on any atom is -0.370 e. The second kappa shape index (κ2) is 28.0. The van der Waals surface area contributed by atoms with Gasteiger partial charge in [-0.15, -0.1) is 0 Å². The highest BCUT2D eigenvalue weighted by molar-refractivity contribution is 5.99. The molecule has 11 N–H and O–H groups in total. The van der Waals surface area contributed by atoms with Crippen molar-refractivity contribution in [2.45, 2.75) is 181 Å². The minimum absolute atomic E-state index is 0.00624. The molecule has 0 aromatic heterocycles. The fourth-order valence-corrected chi connectivity index (χ4v) is 8.17. The standard InChI is InChI=1S/C46H79N11O11/c1-11-27(8)38(55-39(61)29(10)47)46(68)57-17-13-15-35(57)44(66)54-33(21-36(48)59)45(67)56-16-12-14-34(56)43(65)53-32(20-26(6)7)42(64)52-30(18-24(2)3)40(62)49-22-37(60)51-31(19-25(4)5)41(63)50-28(9)23-58/h23-35,38H,11-22,47H2,1-10H3,(H2,48,59)(H,49,62)(H,50,63)(H,51,60)(H,52,64)(H,53,65)(H,54,66)(H,55,61)/t27-,28-,29-,30-,31-,32-,33-,34-,35-,38-/m0/s1. The van der Waals surface area contributed by atoms with Crippen LogP contribution >= 0.6 is 0 Å². The summed E-state index contributed by atoms with van der Waals surface area (Å²) in [4.78, 5) is 148. The molecule has 22 heteroatoms. The summed E-state index contributed by atoms with van der Waals surface area (Å²) in [6.45, 7) is 17.4. The van der Waals surface area contributed by atoms with Gasteiger partial charge in [-0.1, -0.05) is 61.8 Å². The highest BCUT2D eigenvalue weighted by Crippen LogP contribution is 2.24. The predicted octanol–water partition coefficient (Wildman–Crippen LogP) is -1.38. The van der Waals surface area contributed by atoms with Crippen LogP contribution in [0.1, 0.15) is 127 Å². The molecular formula is C46H79N11O11. The molecule has 2 saturated heterocycles. The molecule has 0 saturated carbocycles. The van der Waals surface area contributed by atoms with Gasteiger partial charge in [0.05, 0.1) is 25.0 Å². The van der Waals surface area contributed by atoms with Crippen LogP contribution in [0.3, 0.4) is 0 Å². The number of likely N-dealkylation sites (tertiary alicyclic amines) is 2. The van der Waals surface area contributed by atoms with E-state index < -0.39 is 126 Å². The molecule has 0 aliphatic carbocycles. The number of hydrogen-bond donors (Lipinski definition) is 9. The molecule has 0 bridgehead atoms. The number of carbonyl (C=O) groups excluding carboxylic acids is 11. The lowest BCUT2D eigenvalue weighted by Gasteiger charge is -2.33. The van der Waals surface area contributed by atoms with Gasteiger partial charge in [-0.3, -0.25) is 47.9 Å². The summed E-state index contributed by atoms with van der Waals surface area (Å²) in [5.41, 5.74) is 11.3. The molecule has 0 spiro atoms. The molecule has 10 amide bonds. The zero-order valence-corrected chi connectivity index (χ0v) is 41.6. The summed E-state index contributed by atoms with van der Waals surface area (Å²) in [6, 6.07) is -9.52. The molecular weight excluding hydrogens is 883 g/mol. The van der Waals surface area contributed by atoms with Gasteiger partial charge >= 0.3 is 0 Å². The van der Waals surface area contributed by atoms with Gasteiger partial charge in [-0.25, -0.2) is 0 Å². The third kappa shape index (κ3) is 18.4. The second-order valence-electron chi connectivity index (χ2n) is 19.6. The van der Waals surface area contributed by atoms with Gasteiger partial charge in [-0.2, -0.15) is 0 Å². The van der Waals surface area contributed by atoms with Crippen LogP contribution in [0.15, 0.2) is 0 Å². The van der Waals surface area contributed by atoms with Crippen LogP contribution in [0, 0.1) is 23.7 Å². The Morgan fingerprint density at radius 2 is 1.04 bits per heavy atom. The first kappa shape index (κ1) is 58.5. The summed E-state index contributed by atoms with van der Waals surface area (Å²) in [5.74, 6) is -7.19. The van der Waals surface area contributed by atoms with E-state index in [1.54, 1.807) is 6.92 Å². The van der Waals surface area contributed by atoms with E-state index in [1.807, 2.05) is 48.5 Å². The lowest BCUT2D eigenvalue weighted by atomic mass is 9.97. The van der Waals surface area contributed by atoms with Gasteiger partial charge in [0.15, 0.2) is 0 Å². The fraction of sp³-hybridized carbons (Fsp3) is 0.761. The zero-order chi connectivity index (χ0) is 51.6.